The highest BCUT2D eigenvalue weighted by Crippen LogP contribution is 2.05. The summed E-state index contributed by atoms with van der Waals surface area (Å²) in [4.78, 5) is 13.7. The summed E-state index contributed by atoms with van der Waals surface area (Å²) >= 11 is 0. The van der Waals surface area contributed by atoms with Crippen molar-refractivity contribution in [3.8, 4) is 0 Å². The van der Waals surface area contributed by atoms with E-state index in [0.717, 1.165) is 19.3 Å². The van der Waals surface area contributed by atoms with E-state index in [0.29, 0.717) is 13.1 Å². The smallest absolute Gasteiger partial charge is 0.234 e. The van der Waals surface area contributed by atoms with Gasteiger partial charge in [-0.05, 0) is 12.0 Å². The lowest BCUT2D eigenvalue weighted by atomic mass is 10.1. The molecule has 1 atom stereocenters. The van der Waals surface area contributed by atoms with Gasteiger partial charge in [-0.2, -0.15) is 0 Å². The fourth-order valence-corrected chi connectivity index (χ4v) is 1.45. The number of unbranched alkanes of at least 4 members (excludes halogenated alkanes) is 3. The first-order valence-electron chi connectivity index (χ1n) is 5.76. The van der Waals surface area contributed by atoms with E-state index in [9.17, 15) is 4.79 Å². The molecule has 0 bridgehead atoms. The van der Waals surface area contributed by atoms with Gasteiger partial charge >= 0.3 is 0 Å². The first kappa shape index (κ1) is 14.7. The molecule has 3 N–H and O–H groups in total. The molecule has 16 heavy (non-hydrogen) atoms. The molecule has 0 spiro atoms. The minimum absolute atomic E-state index is 0.300. The van der Waals surface area contributed by atoms with Gasteiger partial charge in [0.15, 0.2) is 0 Å². The van der Waals surface area contributed by atoms with Gasteiger partial charge in [0.1, 0.15) is 0 Å². The molecule has 0 aromatic carbocycles. The molecule has 0 rings (SSSR count). The highest BCUT2D eigenvalue weighted by molar-refractivity contribution is 5.79. The van der Waals surface area contributed by atoms with Crippen LogP contribution in [0.15, 0.2) is 5.11 Å². The second-order valence-corrected chi connectivity index (χ2v) is 3.71. The number of nitrogens with two attached hydrogens (primary N) is 1. The largest absolute Gasteiger partial charge is 0.368 e. The third-order valence-electron chi connectivity index (χ3n) is 2.36. The van der Waals surface area contributed by atoms with Gasteiger partial charge in [0.25, 0.3) is 0 Å². The monoisotopic (exact) mass is 227 g/mol. The molecule has 0 aromatic rings. The summed E-state index contributed by atoms with van der Waals surface area (Å²) in [6.07, 6.45) is 5.23. The molecule has 0 aromatic heterocycles. The van der Waals surface area contributed by atoms with Gasteiger partial charge in [0.2, 0.25) is 5.91 Å². The molecule has 1 amide bonds. The molecule has 0 saturated carbocycles. The van der Waals surface area contributed by atoms with Crippen molar-refractivity contribution in [3.63, 3.8) is 0 Å². The Morgan fingerprint density at radius 3 is 2.81 bits per heavy atom. The third-order valence-corrected chi connectivity index (χ3v) is 2.36. The summed E-state index contributed by atoms with van der Waals surface area (Å²) < 4.78 is 0. The molecule has 0 saturated heterocycles. The van der Waals surface area contributed by atoms with Crippen molar-refractivity contribution >= 4 is 5.91 Å². The van der Waals surface area contributed by atoms with Gasteiger partial charge in [-0.25, -0.2) is 0 Å². The van der Waals surface area contributed by atoms with E-state index in [1.807, 2.05) is 0 Å². The van der Waals surface area contributed by atoms with Crippen LogP contribution in [-0.2, 0) is 4.79 Å². The van der Waals surface area contributed by atoms with E-state index in [1.165, 1.54) is 12.8 Å². The maximum absolute atomic E-state index is 11.1. The number of primary amides is 1. The molecule has 0 aliphatic heterocycles. The fraction of sp³-hybridized carbons (Fsp3) is 0.900. The Morgan fingerprint density at radius 2 is 2.25 bits per heavy atom. The molecule has 6 heteroatoms. The lowest BCUT2D eigenvalue weighted by Crippen LogP contribution is -2.42. The zero-order chi connectivity index (χ0) is 12.2. The number of azide groups is 1. The minimum atomic E-state index is -0.336. The lowest BCUT2D eigenvalue weighted by molar-refractivity contribution is -0.120. The van der Waals surface area contributed by atoms with Crippen molar-refractivity contribution < 1.29 is 4.79 Å². The van der Waals surface area contributed by atoms with Crippen molar-refractivity contribution in [2.24, 2.45) is 10.8 Å². The first-order valence-corrected chi connectivity index (χ1v) is 5.76. The van der Waals surface area contributed by atoms with E-state index in [-0.39, 0.29) is 11.9 Å². The number of hydrogen-bond acceptors (Lipinski definition) is 3. The Kier molecular flexibility index (Phi) is 9.46. The number of carbonyl (C=O) groups excluding carboxylic acids is 1. The molecular formula is C10H21N5O. The van der Waals surface area contributed by atoms with Gasteiger partial charge in [-0.15, -0.1) is 0 Å². The topological polar surface area (TPSA) is 104 Å². The zero-order valence-corrected chi connectivity index (χ0v) is 9.85. The van der Waals surface area contributed by atoms with Crippen LogP contribution in [0.3, 0.4) is 0 Å². The summed E-state index contributed by atoms with van der Waals surface area (Å²) in [5, 5.41) is 6.37. The van der Waals surface area contributed by atoms with E-state index < -0.39 is 0 Å². The number of nitrogens with one attached hydrogen (secondary N) is 1. The van der Waals surface area contributed by atoms with E-state index in [4.69, 9.17) is 11.3 Å². The summed E-state index contributed by atoms with van der Waals surface area (Å²) in [5.74, 6) is -0.336. The van der Waals surface area contributed by atoms with Crippen molar-refractivity contribution in [1.29, 1.82) is 0 Å². The van der Waals surface area contributed by atoms with Gasteiger partial charge in [0, 0.05) is 18.0 Å². The number of nitrogens with zero attached hydrogens (tertiary/aromatic N) is 3. The number of carbonyl (C=O) groups is 1. The normalized spacial score (nSPS) is 11.8. The fourth-order valence-electron chi connectivity index (χ4n) is 1.45. The molecule has 0 aliphatic rings. The molecule has 92 valence electrons. The summed E-state index contributed by atoms with van der Waals surface area (Å²) in [7, 11) is 0. The quantitative estimate of drug-likeness (QED) is 0.257. The Morgan fingerprint density at radius 1 is 1.50 bits per heavy atom. The maximum Gasteiger partial charge on any atom is 0.234 e. The third kappa shape index (κ3) is 8.08. The van der Waals surface area contributed by atoms with Crippen molar-refractivity contribution in [2.75, 3.05) is 13.1 Å². The van der Waals surface area contributed by atoms with Crippen molar-refractivity contribution in [3.05, 3.63) is 10.4 Å². The Hall–Kier alpha value is -1.26. The highest BCUT2D eigenvalue weighted by Gasteiger charge is 2.12. The van der Waals surface area contributed by atoms with Gasteiger partial charge in [-0.3, -0.25) is 4.79 Å². The Bertz CT molecular complexity index is 237. The van der Waals surface area contributed by atoms with Crippen LogP contribution in [0.4, 0.5) is 0 Å². The summed E-state index contributed by atoms with van der Waals surface area (Å²) in [6, 6.07) is -0.300. The van der Waals surface area contributed by atoms with Crippen molar-refractivity contribution in [2.45, 2.75) is 45.1 Å². The van der Waals surface area contributed by atoms with Crippen molar-refractivity contribution in [1.82, 2.24) is 5.32 Å². The SMILES string of the molecule is CCCCCCC(NCCN=[N+]=[N-])C(N)=O. The van der Waals surface area contributed by atoms with Crippen LogP contribution >= 0.6 is 0 Å². The zero-order valence-electron chi connectivity index (χ0n) is 9.85. The van der Waals surface area contributed by atoms with Gasteiger partial charge < -0.3 is 11.1 Å². The maximum atomic E-state index is 11.1. The molecular weight excluding hydrogens is 206 g/mol. The second-order valence-electron chi connectivity index (χ2n) is 3.71. The van der Waals surface area contributed by atoms with Crippen LogP contribution in [0.5, 0.6) is 0 Å². The van der Waals surface area contributed by atoms with Crippen LogP contribution in [0.1, 0.15) is 39.0 Å². The van der Waals surface area contributed by atoms with Crippen LogP contribution < -0.4 is 11.1 Å². The number of amides is 1. The number of rotatable bonds is 10. The molecule has 6 nitrogen and oxygen atoms in total. The molecule has 0 aliphatic carbocycles. The molecule has 0 radical (unpaired) electrons. The average molecular weight is 227 g/mol. The molecule has 0 heterocycles. The molecule has 0 fully saturated rings. The Labute approximate surface area is 96.2 Å². The Balaban J connectivity index is 3.70. The lowest BCUT2D eigenvalue weighted by Gasteiger charge is -2.14. The summed E-state index contributed by atoms with van der Waals surface area (Å²) in [5.41, 5.74) is 13.3. The van der Waals surface area contributed by atoms with Crippen LogP contribution in [0.2, 0.25) is 0 Å². The second kappa shape index (κ2) is 10.3. The number of hydrogen-bond donors (Lipinski definition) is 2. The van der Waals surface area contributed by atoms with Crippen LogP contribution in [0, 0.1) is 0 Å². The molecule has 1 unspecified atom stereocenters. The van der Waals surface area contributed by atoms with Crippen LogP contribution in [0.25, 0.3) is 10.4 Å². The predicted octanol–water partition coefficient (Wildman–Crippen LogP) is 1.71. The predicted molar refractivity (Wildman–Crippen MR) is 63.8 cm³/mol. The minimum Gasteiger partial charge on any atom is -0.368 e. The average Bonchev–Trinajstić information content (AvgIpc) is 2.26. The van der Waals surface area contributed by atoms with Gasteiger partial charge in [-0.1, -0.05) is 37.7 Å². The first-order chi connectivity index (χ1) is 7.72. The highest BCUT2D eigenvalue weighted by atomic mass is 16.1. The van der Waals surface area contributed by atoms with Gasteiger partial charge in [0.05, 0.1) is 6.04 Å². The van der Waals surface area contributed by atoms with E-state index in [1.54, 1.807) is 0 Å². The summed E-state index contributed by atoms with van der Waals surface area (Å²) in [6.45, 7) is 2.98. The van der Waals surface area contributed by atoms with E-state index >= 15 is 0 Å². The van der Waals surface area contributed by atoms with E-state index in [2.05, 4.69) is 22.3 Å². The standard InChI is InChI=1S/C10H21N5O/c1-2-3-4-5-6-9(10(11)16)13-7-8-14-15-12/h9,13H,2-8H2,1H3,(H2,11,16). The van der Waals surface area contributed by atoms with Crippen LogP contribution in [-0.4, -0.2) is 25.0 Å².